The lowest BCUT2D eigenvalue weighted by atomic mass is 9.80. The summed E-state index contributed by atoms with van der Waals surface area (Å²) in [5, 5.41) is 0. The van der Waals surface area contributed by atoms with Crippen molar-refractivity contribution in [3.63, 3.8) is 0 Å². The minimum Gasteiger partial charge on any atom is -0.465 e. The van der Waals surface area contributed by atoms with Crippen LogP contribution < -0.4 is 0 Å². The van der Waals surface area contributed by atoms with Crippen molar-refractivity contribution in [1.82, 2.24) is 0 Å². The molecule has 0 aromatic heterocycles. The highest BCUT2D eigenvalue weighted by atomic mass is 16.5. The summed E-state index contributed by atoms with van der Waals surface area (Å²) in [6.07, 6.45) is 0.0394. The van der Waals surface area contributed by atoms with E-state index in [-0.39, 0.29) is 37.6 Å². The summed E-state index contributed by atoms with van der Waals surface area (Å²) >= 11 is 0. The summed E-state index contributed by atoms with van der Waals surface area (Å²) in [7, 11) is 0. The van der Waals surface area contributed by atoms with E-state index in [0.717, 1.165) is 0 Å². The van der Waals surface area contributed by atoms with Crippen molar-refractivity contribution >= 4 is 17.5 Å². The first kappa shape index (κ1) is 13.8. The zero-order chi connectivity index (χ0) is 12.8. The minimum atomic E-state index is -0.902. The molecule has 0 spiro atoms. The Bertz CT molecular complexity index is 310. The van der Waals surface area contributed by atoms with Crippen LogP contribution in [0.15, 0.2) is 0 Å². The van der Waals surface area contributed by atoms with E-state index in [1.807, 2.05) is 6.92 Å². The summed E-state index contributed by atoms with van der Waals surface area (Å²) < 4.78 is 9.92. The second kappa shape index (κ2) is 6.49. The third kappa shape index (κ3) is 3.63. The van der Waals surface area contributed by atoms with Crippen molar-refractivity contribution in [1.29, 1.82) is 0 Å². The number of rotatable bonds is 5. The van der Waals surface area contributed by atoms with Gasteiger partial charge in [0, 0.05) is 25.4 Å². The minimum absolute atomic E-state index is 0.0462. The highest BCUT2D eigenvalue weighted by Crippen LogP contribution is 2.24. The molecule has 5 nitrogen and oxygen atoms in total. The first-order valence-corrected chi connectivity index (χ1v) is 5.89. The first-order valence-electron chi connectivity index (χ1n) is 5.89. The maximum Gasteiger partial charge on any atom is 0.316 e. The fourth-order valence-electron chi connectivity index (χ4n) is 1.85. The number of hydrogen-bond acceptors (Lipinski definition) is 5. The molecule has 1 rings (SSSR count). The Balaban J connectivity index is 2.58. The Hall–Kier alpha value is -1.23. The number of ether oxygens (including phenoxy) is 2. The van der Waals surface area contributed by atoms with Crippen molar-refractivity contribution in [2.24, 2.45) is 11.8 Å². The zero-order valence-corrected chi connectivity index (χ0v) is 10.2. The summed E-state index contributed by atoms with van der Waals surface area (Å²) in [6, 6.07) is 0. The SMILES string of the molecule is CCOCC1CC(=O)C(C(=O)OCC)CC1=O. The molecule has 1 fully saturated rings. The van der Waals surface area contributed by atoms with E-state index < -0.39 is 17.8 Å². The van der Waals surface area contributed by atoms with Gasteiger partial charge in [0.2, 0.25) is 0 Å². The molecular weight excluding hydrogens is 224 g/mol. The molecule has 0 amide bonds. The van der Waals surface area contributed by atoms with E-state index in [0.29, 0.717) is 6.61 Å². The molecule has 1 saturated carbocycles. The first-order chi connectivity index (χ1) is 8.10. The van der Waals surface area contributed by atoms with Crippen LogP contribution in [0.5, 0.6) is 0 Å². The summed E-state index contributed by atoms with van der Waals surface area (Å²) in [5.74, 6) is -2.18. The molecule has 2 atom stereocenters. The van der Waals surface area contributed by atoms with Gasteiger partial charge in [-0.25, -0.2) is 0 Å². The van der Waals surface area contributed by atoms with E-state index in [4.69, 9.17) is 9.47 Å². The van der Waals surface area contributed by atoms with Gasteiger partial charge in [-0.05, 0) is 13.8 Å². The van der Waals surface area contributed by atoms with Crippen LogP contribution in [0.4, 0.5) is 0 Å². The van der Waals surface area contributed by atoms with Gasteiger partial charge in [-0.3, -0.25) is 14.4 Å². The molecule has 0 heterocycles. The molecule has 2 unspecified atom stereocenters. The van der Waals surface area contributed by atoms with Gasteiger partial charge in [0.15, 0.2) is 0 Å². The molecule has 0 N–H and O–H groups in total. The van der Waals surface area contributed by atoms with Crippen molar-refractivity contribution in [3.05, 3.63) is 0 Å². The summed E-state index contributed by atoms with van der Waals surface area (Å²) in [5.41, 5.74) is 0. The summed E-state index contributed by atoms with van der Waals surface area (Å²) in [4.78, 5) is 34.9. The monoisotopic (exact) mass is 242 g/mol. The molecular formula is C12H18O5. The van der Waals surface area contributed by atoms with E-state index >= 15 is 0 Å². The van der Waals surface area contributed by atoms with Gasteiger partial charge in [0.05, 0.1) is 13.2 Å². The standard InChI is InChI=1S/C12H18O5/c1-3-16-7-8-5-11(14)9(6-10(8)13)12(15)17-4-2/h8-9H,3-7H2,1-2H3. The number of Topliss-reactive ketones (excluding diaryl/α,β-unsaturated/α-hetero) is 2. The fraction of sp³-hybridized carbons (Fsp3) is 0.750. The van der Waals surface area contributed by atoms with E-state index in [1.165, 1.54) is 0 Å². The Morgan fingerprint density at radius 1 is 1.18 bits per heavy atom. The highest BCUT2D eigenvalue weighted by molar-refractivity contribution is 6.07. The van der Waals surface area contributed by atoms with Gasteiger partial charge in [-0.15, -0.1) is 0 Å². The second-order valence-electron chi connectivity index (χ2n) is 4.00. The van der Waals surface area contributed by atoms with Crippen LogP contribution in [0.1, 0.15) is 26.7 Å². The van der Waals surface area contributed by atoms with E-state index in [1.54, 1.807) is 6.92 Å². The molecule has 0 saturated heterocycles. The quantitative estimate of drug-likeness (QED) is 0.525. The molecule has 0 bridgehead atoms. The fourth-order valence-corrected chi connectivity index (χ4v) is 1.85. The second-order valence-corrected chi connectivity index (χ2v) is 4.00. The Kier molecular flexibility index (Phi) is 5.28. The van der Waals surface area contributed by atoms with Crippen LogP contribution in [0, 0.1) is 11.8 Å². The number of carbonyl (C=O) groups excluding carboxylic acids is 3. The number of carbonyl (C=O) groups is 3. The molecule has 1 aliphatic rings. The van der Waals surface area contributed by atoms with E-state index in [2.05, 4.69) is 0 Å². The van der Waals surface area contributed by atoms with Gasteiger partial charge >= 0.3 is 5.97 Å². The number of ketones is 2. The topological polar surface area (TPSA) is 69.7 Å². The molecule has 5 heteroatoms. The van der Waals surface area contributed by atoms with Crippen molar-refractivity contribution < 1.29 is 23.9 Å². The largest absolute Gasteiger partial charge is 0.465 e. The normalized spacial score (nSPS) is 24.8. The molecule has 0 radical (unpaired) electrons. The molecule has 0 aromatic carbocycles. The van der Waals surface area contributed by atoms with Crippen LogP contribution >= 0.6 is 0 Å². The molecule has 0 aliphatic heterocycles. The number of hydrogen-bond donors (Lipinski definition) is 0. The lowest BCUT2D eigenvalue weighted by Gasteiger charge is -2.24. The van der Waals surface area contributed by atoms with Crippen molar-refractivity contribution in [2.45, 2.75) is 26.7 Å². The lowest BCUT2D eigenvalue weighted by Crippen LogP contribution is -2.39. The zero-order valence-electron chi connectivity index (χ0n) is 10.2. The highest BCUT2D eigenvalue weighted by Gasteiger charge is 2.39. The van der Waals surface area contributed by atoms with Gasteiger partial charge in [-0.2, -0.15) is 0 Å². The smallest absolute Gasteiger partial charge is 0.316 e. The van der Waals surface area contributed by atoms with Gasteiger partial charge < -0.3 is 9.47 Å². The van der Waals surface area contributed by atoms with Crippen LogP contribution in [0.3, 0.4) is 0 Å². The predicted octanol–water partition coefficient (Wildman–Crippen LogP) is 0.750. The maximum absolute atomic E-state index is 11.7. The molecule has 0 aromatic rings. The van der Waals surface area contributed by atoms with Gasteiger partial charge in [0.25, 0.3) is 0 Å². The lowest BCUT2D eigenvalue weighted by molar-refractivity contribution is -0.156. The van der Waals surface area contributed by atoms with Gasteiger partial charge in [-0.1, -0.05) is 0 Å². The third-order valence-electron chi connectivity index (χ3n) is 2.79. The Morgan fingerprint density at radius 3 is 2.47 bits per heavy atom. The molecule has 96 valence electrons. The summed E-state index contributed by atoms with van der Waals surface area (Å²) in [6.45, 7) is 4.50. The molecule has 17 heavy (non-hydrogen) atoms. The van der Waals surface area contributed by atoms with Crippen LogP contribution in [0.2, 0.25) is 0 Å². The average Bonchev–Trinajstić information content (AvgIpc) is 2.30. The van der Waals surface area contributed by atoms with Crippen molar-refractivity contribution in [2.75, 3.05) is 19.8 Å². The molecule has 1 aliphatic carbocycles. The van der Waals surface area contributed by atoms with Gasteiger partial charge in [0.1, 0.15) is 17.5 Å². The Morgan fingerprint density at radius 2 is 1.88 bits per heavy atom. The average molecular weight is 242 g/mol. The third-order valence-corrected chi connectivity index (χ3v) is 2.79. The van der Waals surface area contributed by atoms with E-state index in [9.17, 15) is 14.4 Å². The van der Waals surface area contributed by atoms with Crippen LogP contribution in [-0.4, -0.2) is 37.4 Å². The predicted molar refractivity (Wildman–Crippen MR) is 59.4 cm³/mol. The maximum atomic E-state index is 11.7. The van der Waals surface area contributed by atoms with Crippen molar-refractivity contribution in [3.8, 4) is 0 Å². The van der Waals surface area contributed by atoms with Crippen LogP contribution in [-0.2, 0) is 23.9 Å². The van der Waals surface area contributed by atoms with Crippen LogP contribution in [0.25, 0.3) is 0 Å². The number of esters is 1. The Labute approximate surface area is 100 Å².